The van der Waals surface area contributed by atoms with E-state index >= 15 is 0 Å². The van der Waals surface area contributed by atoms with E-state index in [1.807, 2.05) is 18.2 Å². The molecule has 2 aliphatic rings. The SMILES string of the molecule is CCOC(=O)CCCCC(=O)Nc1ccc([C@H](c2cccc(OC)c2)N2C[C@@H](C)N(CC3CC3)C[C@@H]2C)cc1. The number of rotatable bonds is 13. The number of amides is 1. The van der Waals surface area contributed by atoms with Crippen molar-refractivity contribution in [2.75, 3.05) is 38.7 Å². The zero-order valence-corrected chi connectivity index (χ0v) is 24.0. The Morgan fingerprint density at radius 2 is 1.72 bits per heavy atom. The topological polar surface area (TPSA) is 71.1 Å². The van der Waals surface area contributed by atoms with Crippen LogP contribution in [0.3, 0.4) is 0 Å². The van der Waals surface area contributed by atoms with E-state index in [-0.39, 0.29) is 17.9 Å². The molecule has 1 aliphatic heterocycles. The maximum atomic E-state index is 12.5. The summed E-state index contributed by atoms with van der Waals surface area (Å²) in [5.41, 5.74) is 3.20. The fourth-order valence-corrected chi connectivity index (χ4v) is 5.62. The maximum Gasteiger partial charge on any atom is 0.305 e. The molecule has 7 nitrogen and oxygen atoms in total. The highest BCUT2D eigenvalue weighted by molar-refractivity contribution is 5.90. The Morgan fingerprint density at radius 1 is 0.974 bits per heavy atom. The van der Waals surface area contributed by atoms with Crippen LogP contribution in [0.15, 0.2) is 48.5 Å². The second-order valence-corrected chi connectivity index (χ2v) is 11.2. The normalized spacial score (nSPS) is 20.8. The van der Waals surface area contributed by atoms with Crippen molar-refractivity contribution in [2.24, 2.45) is 5.92 Å². The van der Waals surface area contributed by atoms with E-state index in [0.29, 0.717) is 44.4 Å². The Hall–Kier alpha value is -2.90. The number of esters is 1. The fraction of sp³-hybridized carbons (Fsp3) is 0.562. The van der Waals surface area contributed by atoms with Crippen LogP contribution in [-0.4, -0.2) is 67.1 Å². The second kappa shape index (κ2) is 13.9. The predicted molar refractivity (Wildman–Crippen MR) is 155 cm³/mol. The molecule has 1 amide bonds. The monoisotopic (exact) mass is 535 g/mol. The Bertz CT molecular complexity index is 1090. The molecule has 0 unspecified atom stereocenters. The van der Waals surface area contributed by atoms with E-state index < -0.39 is 0 Å². The van der Waals surface area contributed by atoms with Crippen LogP contribution in [0, 0.1) is 5.92 Å². The third kappa shape index (κ3) is 8.29. The van der Waals surface area contributed by atoms with Crippen LogP contribution >= 0.6 is 0 Å². The molecule has 2 fully saturated rings. The van der Waals surface area contributed by atoms with E-state index in [0.717, 1.165) is 30.4 Å². The van der Waals surface area contributed by atoms with Crippen LogP contribution in [0.25, 0.3) is 0 Å². The Kier molecular flexibility index (Phi) is 10.4. The summed E-state index contributed by atoms with van der Waals surface area (Å²) < 4.78 is 10.5. The molecule has 0 aromatic heterocycles. The molecule has 2 aromatic rings. The molecule has 7 heteroatoms. The lowest BCUT2D eigenvalue weighted by molar-refractivity contribution is -0.143. The molecule has 2 aromatic carbocycles. The first kappa shape index (κ1) is 29.1. The molecule has 1 N–H and O–H groups in total. The van der Waals surface area contributed by atoms with Crippen LogP contribution in [-0.2, 0) is 14.3 Å². The number of hydrogen-bond acceptors (Lipinski definition) is 6. The minimum atomic E-state index is -0.202. The summed E-state index contributed by atoms with van der Waals surface area (Å²) in [6.45, 7) is 10.2. The van der Waals surface area contributed by atoms with Gasteiger partial charge in [0.25, 0.3) is 0 Å². The van der Waals surface area contributed by atoms with Gasteiger partial charge in [-0.05, 0) is 87.8 Å². The predicted octanol–water partition coefficient (Wildman–Crippen LogP) is 5.65. The highest BCUT2D eigenvalue weighted by atomic mass is 16.5. The number of benzene rings is 2. The Morgan fingerprint density at radius 3 is 2.41 bits per heavy atom. The third-order valence-corrected chi connectivity index (χ3v) is 7.94. The van der Waals surface area contributed by atoms with Gasteiger partial charge in [-0.15, -0.1) is 0 Å². The van der Waals surface area contributed by atoms with Gasteiger partial charge in [0.2, 0.25) is 5.91 Å². The molecule has 3 atom stereocenters. The Balaban J connectivity index is 1.44. The summed E-state index contributed by atoms with van der Waals surface area (Å²) in [5.74, 6) is 1.51. The van der Waals surface area contributed by atoms with Gasteiger partial charge < -0.3 is 14.8 Å². The number of unbranched alkanes of at least 4 members (excludes halogenated alkanes) is 1. The van der Waals surface area contributed by atoms with Gasteiger partial charge in [-0.3, -0.25) is 19.4 Å². The lowest BCUT2D eigenvalue weighted by Gasteiger charge is -2.48. The van der Waals surface area contributed by atoms with E-state index in [2.05, 4.69) is 59.3 Å². The molecule has 0 spiro atoms. The number of nitrogens with zero attached hydrogens (tertiary/aromatic N) is 2. The number of carbonyl (C=O) groups excluding carboxylic acids is 2. The summed E-state index contributed by atoms with van der Waals surface area (Å²) in [5, 5.41) is 3.01. The second-order valence-electron chi connectivity index (χ2n) is 11.2. The molecule has 0 bridgehead atoms. The molecule has 4 rings (SSSR count). The number of hydrogen-bond donors (Lipinski definition) is 1. The third-order valence-electron chi connectivity index (χ3n) is 7.94. The largest absolute Gasteiger partial charge is 0.497 e. The van der Waals surface area contributed by atoms with Gasteiger partial charge >= 0.3 is 5.97 Å². The molecule has 1 saturated carbocycles. The van der Waals surface area contributed by atoms with Crippen LogP contribution < -0.4 is 10.1 Å². The molecule has 1 aliphatic carbocycles. The average Bonchev–Trinajstić information content (AvgIpc) is 3.75. The van der Waals surface area contributed by atoms with Crippen molar-refractivity contribution in [1.82, 2.24) is 9.80 Å². The van der Waals surface area contributed by atoms with Crippen LogP contribution in [0.4, 0.5) is 5.69 Å². The van der Waals surface area contributed by atoms with E-state index in [9.17, 15) is 9.59 Å². The minimum Gasteiger partial charge on any atom is -0.497 e. The standard InChI is InChI=1S/C32H45N3O4/c1-5-39-31(37)12-7-6-11-30(36)33-28-17-15-26(16-18-28)32(27-9-8-10-29(19-27)38-4)35-21-23(2)34(20-24(35)3)22-25-13-14-25/h8-10,15-19,23-25,32H,5-7,11-14,20-22H2,1-4H3,(H,33,36)/t23-,24+,32-/m1/s1. The van der Waals surface area contributed by atoms with Crippen molar-refractivity contribution < 1.29 is 19.1 Å². The van der Waals surface area contributed by atoms with Crippen LogP contribution in [0.5, 0.6) is 5.75 Å². The number of ether oxygens (including phenoxy) is 2. The first-order valence-electron chi connectivity index (χ1n) is 14.6. The van der Waals surface area contributed by atoms with Crippen molar-refractivity contribution in [3.05, 3.63) is 59.7 Å². The van der Waals surface area contributed by atoms with Crippen molar-refractivity contribution in [3.63, 3.8) is 0 Å². The van der Waals surface area contributed by atoms with E-state index in [1.165, 1.54) is 30.5 Å². The van der Waals surface area contributed by atoms with Gasteiger partial charge in [0.1, 0.15) is 5.75 Å². The quantitative estimate of drug-likeness (QED) is 0.264. The van der Waals surface area contributed by atoms with Crippen LogP contribution in [0.2, 0.25) is 0 Å². The van der Waals surface area contributed by atoms with Gasteiger partial charge in [-0.2, -0.15) is 0 Å². The fourth-order valence-electron chi connectivity index (χ4n) is 5.62. The van der Waals surface area contributed by atoms with Crippen molar-refractivity contribution in [1.29, 1.82) is 0 Å². The number of carbonyl (C=O) groups is 2. The molecule has 39 heavy (non-hydrogen) atoms. The smallest absolute Gasteiger partial charge is 0.305 e. The van der Waals surface area contributed by atoms with E-state index in [4.69, 9.17) is 9.47 Å². The van der Waals surface area contributed by atoms with Gasteiger partial charge in [0.15, 0.2) is 0 Å². The average molecular weight is 536 g/mol. The summed E-state index contributed by atoms with van der Waals surface area (Å²) in [6, 6.07) is 17.6. The number of piperazine rings is 1. The molecule has 0 radical (unpaired) electrons. The summed E-state index contributed by atoms with van der Waals surface area (Å²) in [7, 11) is 1.71. The zero-order chi connectivity index (χ0) is 27.8. The molecular formula is C32H45N3O4. The molecule has 1 saturated heterocycles. The number of anilines is 1. The summed E-state index contributed by atoms with van der Waals surface area (Å²) in [4.78, 5) is 29.3. The number of nitrogens with one attached hydrogen (secondary N) is 1. The molecular weight excluding hydrogens is 490 g/mol. The lowest BCUT2D eigenvalue weighted by Crippen LogP contribution is -2.57. The molecule has 1 heterocycles. The maximum absolute atomic E-state index is 12.5. The van der Waals surface area contributed by atoms with Crippen molar-refractivity contribution in [2.45, 2.75) is 77.4 Å². The number of methoxy groups -OCH3 is 1. The zero-order valence-electron chi connectivity index (χ0n) is 24.0. The summed E-state index contributed by atoms with van der Waals surface area (Å²) >= 11 is 0. The highest BCUT2D eigenvalue weighted by Gasteiger charge is 2.37. The first-order valence-corrected chi connectivity index (χ1v) is 14.6. The van der Waals surface area contributed by atoms with E-state index in [1.54, 1.807) is 14.0 Å². The lowest BCUT2D eigenvalue weighted by atomic mass is 9.93. The van der Waals surface area contributed by atoms with Crippen molar-refractivity contribution >= 4 is 17.6 Å². The minimum absolute atomic E-state index is 0.0369. The van der Waals surface area contributed by atoms with Crippen molar-refractivity contribution in [3.8, 4) is 5.75 Å². The highest BCUT2D eigenvalue weighted by Crippen LogP contribution is 2.37. The van der Waals surface area contributed by atoms with Gasteiger partial charge in [0, 0.05) is 50.2 Å². The van der Waals surface area contributed by atoms with Gasteiger partial charge in [0.05, 0.1) is 19.8 Å². The van der Waals surface area contributed by atoms with Gasteiger partial charge in [-0.1, -0.05) is 24.3 Å². The summed E-state index contributed by atoms with van der Waals surface area (Å²) in [6.07, 6.45) is 4.80. The van der Waals surface area contributed by atoms with Gasteiger partial charge in [-0.25, -0.2) is 0 Å². The first-order chi connectivity index (χ1) is 18.9. The van der Waals surface area contributed by atoms with Crippen LogP contribution in [0.1, 0.15) is 76.5 Å². The Labute approximate surface area is 233 Å². The molecule has 212 valence electrons.